The SMILES string of the molecule is CCCCCCCCCC/C=C/CCCCCCCCCCCCOC(=O)c1cccc(S(=O)(=O)[O-])c1C(=O)OCCCCCCCCCCCC/C=C/CCCCCCCCCC.[K+]. The van der Waals surface area contributed by atoms with Crippen LogP contribution in [0.15, 0.2) is 47.4 Å². The van der Waals surface area contributed by atoms with Gasteiger partial charge in [0.15, 0.2) is 0 Å². The molecule has 0 atom stereocenters. The Morgan fingerprint density at radius 3 is 1.02 bits per heavy atom. The third-order valence-electron chi connectivity index (χ3n) is 12.5. The molecule has 0 aliphatic rings. The van der Waals surface area contributed by atoms with Gasteiger partial charge in [-0.2, -0.15) is 0 Å². The van der Waals surface area contributed by atoms with Crippen molar-refractivity contribution in [3.8, 4) is 0 Å². The maximum absolute atomic E-state index is 13.1. The molecule has 1 aromatic carbocycles. The van der Waals surface area contributed by atoms with Crippen molar-refractivity contribution in [3.63, 3.8) is 0 Å². The quantitative estimate of drug-likeness (QED) is 0.0210. The van der Waals surface area contributed by atoms with E-state index < -0.39 is 32.5 Å². The fourth-order valence-corrected chi connectivity index (χ4v) is 9.11. The first-order valence-corrected chi connectivity index (χ1v) is 28.5. The van der Waals surface area contributed by atoms with Crippen LogP contribution in [0.5, 0.6) is 0 Å². The van der Waals surface area contributed by atoms with Crippen molar-refractivity contribution in [1.82, 2.24) is 0 Å². The number of rotatable bonds is 47. The predicted molar refractivity (Wildman–Crippen MR) is 269 cm³/mol. The van der Waals surface area contributed by atoms with E-state index in [-0.39, 0.29) is 70.2 Å². The maximum Gasteiger partial charge on any atom is 1.00 e. The minimum absolute atomic E-state index is 0. The molecule has 0 saturated carbocycles. The molecule has 0 spiro atoms. The molecule has 0 radical (unpaired) electrons. The second-order valence-electron chi connectivity index (χ2n) is 18.5. The van der Waals surface area contributed by atoms with Gasteiger partial charge in [0.2, 0.25) is 0 Å². The number of carbonyl (C=O) groups is 2. The number of unbranched alkanes of at least 4 members (excludes halogenated alkanes) is 36. The number of allylic oxidation sites excluding steroid dienone is 4. The summed E-state index contributed by atoms with van der Waals surface area (Å²) >= 11 is 0. The van der Waals surface area contributed by atoms with Gasteiger partial charge in [-0.15, -0.1) is 0 Å². The Bertz CT molecular complexity index is 1410. The van der Waals surface area contributed by atoms with Gasteiger partial charge in [0, 0.05) is 0 Å². The second kappa shape index (κ2) is 48.2. The Hall–Kier alpha value is -0.814. The molecule has 0 bridgehead atoms. The van der Waals surface area contributed by atoms with E-state index in [1.807, 2.05) is 0 Å². The fourth-order valence-electron chi connectivity index (χ4n) is 8.42. The molecule has 0 amide bonds. The van der Waals surface area contributed by atoms with Crippen LogP contribution in [0.3, 0.4) is 0 Å². The van der Waals surface area contributed by atoms with Crippen molar-refractivity contribution in [2.24, 2.45) is 0 Å². The van der Waals surface area contributed by atoms with Crippen molar-refractivity contribution in [3.05, 3.63) is 53.6 Å². The zero-order chi connectivity index (χ0) is 46.4. The molecule has 1 aromatic rings. The number of ether oxygens (including phenoxy) is 2. The standard InChI is InChI=1S/C56H98O7S.K/c1-3-5-7-9-11-13-15-17-19-21-23-25-27-29-31-33-35-37-39-41-43-45-50-62-55(57)52-48-47-49-53(64(59,60)61)54(52)56(58)63-51-46-44-42-40-38-36-34-32-30-28-26-24-22-20-18-16-14-12-10-8-6-4-2;/h21-24,47-49H,3-20,25-46,50-51H2,1-2H3,(H,59,60,61);/q;+1/p-1/b23-21+,24-22+;. The summed E-state index contributed by atoms with van der Waals surface area (Å²) in [6, 6.07) is 3.65. The normalized spacial score (nSPS) is 11.7. The summed E-state index contributed by atoms with van der Waals surface area (Å²) in [6.45, 7) is 4.79. The first kappa shape index (κ1) is 64.2. The Kier molecular flexibility index (Phi) is 47.6. The van der Waals surface area contributed by atoms with E-state index in [0.29, 0.717) is 12.8 Å². The summed E-state index contributed by atoms with van der Waals surface area (Å²) in [7, 11) is -5.02. The molecule has 0 aliphatic heterocycles. The minimum atomic E-state index is -5.02. The third-order valence-corrected chi connectivity index (χ3v) is 13.4. The van der Waals surface area contributed by atoms with Crippen LogP contribution in [-0.2, 0) is 19.6 Å². The molecule has 0 aromatic heterocycles. The van der Waals surface area contributed by atoms with E-state index in [1.54, 1.807) is 0 Å². The molecule has 1 rings (SSSR count). The molecule has 9 heteroatoms. The zero-order valence-electron chi connectivity index (χ0n) is 42.5. The first-order valence-electron chi connectivity index (χ1n) is 27.1. The van der Waals surface area contributed by atoms with Crippen LogP contribution in [0.25, 0.3) is 0 Å². The molecule has 0 saturated heterocycles. The Balaban J connectivity index is 0.0000410. The van der Waals surface area contributed by atoms with Crippen molar-refractivity contribution >= 4 is 22.1 Å². The molecule has 0 fully saturated rings. The molecule has 0 N–H and O–H groups in total. The molecule has 370 valence electrons. The Morgan fingerprint density at radius 2 is 0.708 bits per heavy atom. The largest absolute Gasteiger partial charge is 1.00 e. The fraction of sp³-hybridized carbons (Fsp3) is 0.786. The number of carbonyl (C=O) groups excluding carboxylic acids is 2. The minimum Gasteiger partial charge on any atom is -0.744 e. The van der Waals surface area contributed by atoms with E-state index in [2.05, 4.69) is 38.2 Å². The van der Waals surface area contributed by atoms with E-state index in [0.717, 1.165) is 44.6 Å². The van der Waals surface area contributed by atoms with Crippen molar-refractivity contribution in [1.29, 1.82) is 0 Å². The average Bonchev–Trinajstić information content (AvgIpc) is 3.28. The number of benzene rings is 1. The van der Waals surface area contributed by atoms with Crippen LogP contribution >= 0.6 is 0 Å². The van der Waals surface area contributed by atoms with Crippen LogP contribution in [0.1, 0.15) is 291 Å². The van der Waals surface area contributed by atoms with Gasteiger partial charge in [0.25, 0.3) is 0 Å². The predicted octanol–water partition coefficient (Wildman–Crippen LogP) is 14.7. The van der Waals surface area contributed by atoms with Gasteiger partial charge in [-0.05, 0) is 76.3 Å². The van der Waals surface area contributed by atoms with Crippen LogP contribution in [0.2, 0.25) is 0 Å². The summed E-state index contributed by atoms with van der Waals surface area (Å²) in [5.74, 6) is -1.81. The summed E-state index contributed by atoms with van der Waals surface area (Å²) in [5.41, 5.74) is -0.773. The van der Waals surface area contributed by atoms with Crippen LogP contribution in [-0.4, -0.2) is 38.1 Å². The van der Waals surface area contributed by atoms with Gasteiger partial charge in [-0.1, -0.05) is 237 Å². The first-order chi connectivity index (χ1) is 31.3. The average molecular weight is 954 g/mol. The van der Waals surface area contributed by atoms with E-state index >= 15 is 0 Å². The smallest absolute Gasteiger partial charge is 0.744 e. The summed E-state index contributed by atoms with van der Waals surface area (Å²) < 4.78 is 47.0. The van der Waals surface area contributed by atoms with Gasteiger partial charge in [-0.25, -0.2) is 18.0 Å². The summed E-state index contributed by atoms with van der Waals surface area (Å²) in [5, 5.41) is 0. The van der Waals surface area contributed by atoms with Gasteiger partial charge in [0.05, 0.1) is 29.2 Å². The van der Waals surface area contributed by atoms with E-state index in [4.69, 9.17) is 9.47 Å². The van der Waals surface area contributed by atoms with E-state index in [9.17, 15) is 22.6 Å². The molecule has 7 nitrogen and oxygen atoms in total. The summed E-state index contributed by atoms with van der Waals surface area (Å²) in [6.07, 6.45) is 59.1. The van der Waals surface area contributed by atoms with Gasteiger partial charge < -0.3 is 14.0 Å². The van der Waals surface area contributed by atoms with Gasteiger partial charge in [0.1, 0.15) is 10.1 Å². The van der Waals surface area contributed by atoms with Gasteiger partial charge >= 0.3 is 63.3 Å². The second-order valence-corrected chi connectivity index (χ2v) is 19.9. The molecular formula is C56H97KO7S. The van der Waals surface area contributed by atoms with Crippen LogP contribution in [0.4, 0.5) is 0 Å². The number of hydrogen-bond donors (Lipinski definition) is 0. The molecule has 0 unspecified atom stereocenters. The monoisotopic (exact) mass is 953 g/mol. The number of esters is 2. The molecule has 0 heterocycles. The van der Waals surface area contributed by atoms with Crippen LogP contribution in [0, 0.1) is 0 Å². The number of hydrogen-bond acceptors (Lipinski definition) is 7. The van der Waals surface area contributed by atoms with Crippen molar-refractivity contribution in [2.75, 3.05) is 13.2 Å². The van der Waals surface area contributed by atoms with Crippen LogP contribution < -0.4 is 51.4 Å². The summed E-state index contributed by atoms with van der Waals surface area (Å²) in [4.78, 5) is 25.4. The van der Waals surface area contributed by atoms with Gasteiger partial charge in [-0.3, -0.25) is 0 Å². The van der Waals surface area contributed by atoms with Crippen molar-refractivity contribution in [2.45, 2.75) is 276 Å². The molecular weight excluding hydrogens is 856 g/mol. The Morgan fingerprint density at radius 1 is 0.431 bits per heavy atom. The molecule has 0 aliphatic carbocycles. The third kappa shape index (κ3) is 39.7. The maximum atomic E-state index is 13.1. The Labute approximate surface area is 443 Å². The van der Waals surface area contributed by atoms with Crippen molar-refractivity contribution < 1.29 is 83.4 Å². The molecule has 65 heavy (non-hydrogen) atoms. The zero-order valence-corrected chi connectivity index (χ0v) is 46.4. The topological polar surface area (TPSA) is 110 Å². The van der Waals surface area contributed by atoms with E-state index in [1.165, 1.54) is 218 Å².